The van der Waals surface area contributed by atoms with Gasteiger partial charge in [-0.05, 0) is 25.5 Å². The van der Waals surface area contributed by atoms with Gasteiger partial charge in [0.1, 0.15) is 5.69 Å². The van der Waals surface area contributed by atoms with E-state index < -0.39 is 10.8 Å². The number of H-pyrrole nitrogens is 1. The van der Waals surface area contributed by atoms with Crippen molar-refractivity contribution < 1.29 is 9.72 Å². The standard InChI is InChI=1S/C13H20N4O3S/c1-3-21-10-7-5-4-6-9(10)14-13(18)11-12(17(19)20)8(2)15-16-11/h9-10H,3-7H2,1-2H3,(H,14,18)(H,15,16)/t9-,10+/m1/s1. The largest absolute Gasteiger partial charge is 0.347 e. The fourth-order valence-electron chi connectivity index (χ4n) is 2.72. The Bertz CT molecular complexity index is 529. The van der Waals surface area contributed by atoms with Crippen LogP contribution in [0.25, 0.3) is 0 Å². The molecule has 0 unspecified atom stereocenters. The van der Waals surface area contributed by atoms with Crippen molar-refractivity contribution in [3.8, 4) is 0 Å². The van der Waals surface area contributed by atoms with Crippen molar-refractivity contribution >= 4 is 23.4 Å². The first-order chi connectivity index (χ1) is 10.0. The highest BCUT2D eigenvalue weighted by molar-refractivity contribution is 7.99. The van der Waals surface area contributed by atoms with Crippen molar-refractivity contribution in [1.29, 1.82) is 0 Å². The molecule has 0 aliphatic heterocycles. The van der Waals surface area contributed by atoms with Gasteiger partial charge in [-0.15, -0.1) is 0 Å². The molecule has 1 aromatic heterocycles. The van der Waals surface area contributed by atoms with E-state index in [0.29, 0.717) is 10.9 Å². The fourth-order valence-corrected chi connectivity index (χ4v) is 3.92. The predicted molar refractivity (Wildman–Crippen MR) is 81.6 cm³/mol. The quantitative estimate of drug-likeness (QED) is 0.642. The van der Waals surface area contributed by atoms with Gasteiger partial charge < -0.3 is 5.32 Å². The maximum atomic E-state index is 12.3. The number of nitro groups is 1. The average Bonchev–Trinajstić information content (AvgIpc) is 2.83. The first-order valence-electron chi connectivity index (χ1n) is 7.16. The first kappa shape index (κ1) is 15.8. The highest BCUT2D eigenvalue weighted by Gasteiger charge is 2.31. The van der Waals surface area contributed by atoms with E-state index in [1.807, 2.05) is 11.8 Å². The summed E-state index contributed by atoms with van der Waals surface area (Å²) in [5.41, 5.74) is -0.0559. The monoisotopic (exact) mass is 312 g/mol. The molecular weight excluding hydrogens is 292 g/mol. The maximum absolute atomic E-state index is 12.3. The van der Waals surface area contributed by atoms with Gasteiger partial charge >= 0.3 is 5.69 Å². The lowest BCUT2D eigenvalue weighted by molar-refractivity contribution is -0.385. The van der Waals surface area contributed by atoms with E-state index in [4.69, 9.17) is 0 Å². The second-order valence-corrected chi connectivity index (χ2v) is 6.68. The highest BCUT2D eigenvalue weighted by Crippen LogP contribution is 2.29. The second kappa shape index (κ2) is 6.93. The number of rotatable bonds is 5. The van der Waals surface area contributed by atoms with Gasteiger partial charge in [-0.25, -0.2) is 0 Å². The van der Waals surface area contributed by atoms with Crippen molar-refractivity contribution in [2.75, 3.05) is 5.75 Å². The van der Waals surface area contributed by atoms with Crippen LogP contribution in [-0.2, 0) is 0 Å². The first-order valence-corrected chi connectivity index (χ1v) is 8.21. The zero-order valence-corrected chi connectivity index (χ0v) is 13.0. The van der Waals surface area contributed by atoms with Gasteiger partial charge in [0.15, 0.2) is 0 Å². The number of thioether (sulfide) groups is 1. The van der Waals surface area contributed by atoms with Crippen molar-refractivity contribution in [3.05, 3.63) is 21.5 Å². The number of aryl methyl sites for hydroxylation is 1. The predicted octanol–water partition coefficient (Wildman–Crippen LogP) is 2.42. The van der Waals surface area contributed by atoms with E-state index in [9.17, 15) is 14.9 Å². The third kappa shape index (κ3) is 3.55. The molecule has 0 bridgehead atoms. The molecule has 0 saturated heterocycles. The minimum atomic E-state index is -0.563. The highest BCUT2D eigenvalue weighted by atomic mass is 32.2. The molecule has 1 aliphatic carbocycles. The van der Waals surface area contributed by atoms with Gasteiger partial charge in [0.25, 0.3) is 5.91 Å². The Labute approximate surface area is 127 Å². The van der Waals surface area contributed by atoms with Crippen molar-refractivity contribution in [3.63, 3.8) is 0 Å². The van der Waals surface area contributed by atoms with Crippen molar-refractivity contribution in [2.24, 2.45) is 0 Å². The summed E-state index contributed by atoms with van der Waals surface area (Å²) in [5, 5.41) is 20.6. The summed E-state index contributed by atoms with van der Waals surface area (Å²) in [6, 6.07) is 0.0628. The van der Waals surface area contributed by atoms with E-state index in [0.717, 1.165) is 25.0 Å². The van der Waals surface area contributed by atoms with Crippen LogP contribution < -0.4 is 5.32 Å². The Hall–Kier alpha value is -1.57. The topological polar surface area (TPSA) is 101 Å². The van der Waals surface area contributed by atoms with Gasteiger partial charge in [-0.1, -0.05) is 19.8 Å². The second-order valence-electron chi connectivity index (χ2n) is 5.16. The molecule has 0 spiro atoms. The van der Waals surface area contributed by atoms with E-state index in [1.54, 1.807) is 0 Å². The lowest BCUT2D eigenvalue weighted by atomic mass is 9.94. The molecule has 1 saturated carbocycles. The Balaban J connectivity index is 2.11. The summed E-state index contributed by atoms with van der Waals surface area (Å²) >= 11 is 1.84. The van der Waals surface area contributed by atoms with Crippen LogP contribution in [0.1, 0.15) is 48.8 Å². The summed E-state index contributed by atoms with van der Waals surface area (Å²) in [7, 11) is 0. The molecule has 21 heavy (non-hydrogen) atoms. The van der Waals surface area contributed by atoms with E-state index >= 15 is 0 Å². The zero-order chi connectivity index (χ0) is 15.4. The number of nitrogens with one attached hydrogen (secondary N) is 2. The van der Waals surface area contributed by atoms with Gasteiger partial charge in [0.05, 0.1) is 4.92 Å². The normalized spacial score (nSPS) is 22.0. The van der Waals surface area contributed by atoms with Crippen LogP contribution in [0.15, 0.2) is 0 Å². The number of hydrogen-bond donors (Lipinski definition) is 2. The van der Waals surface area contributed by atoms with Gasteiger partial charge in [-0.2, -0.15) is 16.9 Å². The summed E-state index contributed by atoms with van der Waals surface area (Å²) in [6.45, 7) is 3.64. The Morgan fingerprint density at radius 1 is 1.52 bits per heavy atom. The summed E-state index contributed by atoms with van der Waals surface area (Å²) in [6.07, 6.45) is 4.24. The molecule has 0 radical (unpaired) electrons. The van der Waals surface area contributed by atoms with Crippen molar-refractivity contribution in [1.82, 2.24) is 15.5 Å². The van der Waals surface area contributed by atoms with Gasteiger partial charge in [0.2, 0.25) is 5.69 Å². The van der Waals surface area contributed by atoms with Crippen LogP contribution >= 0.6 is 11.8 Å². The summed E-state index contributed by atoms with van der Waals surface area (Å²) in [5.74, 6) is 0.540. The molecule has 2 atom stereocenters. The molecule has 1 amide bonds. The van der Waals surface area contributed by atoms with Crippen LogP contribution in [-0.4, -0.2) is 38.1 Å². The molecular formula is C13H20N4O3S. The minimum Gasteiger partial charge on any atom is -0.347 e. The molecule has 1 fully saturated rings. The lowest BCUT2D eigenvalue weighted by Gasteiger charge is -2.31. The van der Waals surface area contributed by atoms with Crippen LogP contribution in [0.5, 0.6) is 0 Å². The third-order valence-electron chi connectivity index (χ3n) is 3.71. The Morgan fingerprint density at radius 2 is 2.24 bits per heavy atom. The number of amides is 1. The number of hydrogen-bond acceptors (Lipinski definition) is 5. The maximum Gasteiger partial charge on any atom is 0.322 e. The molecule has 116 valence electrons. The van der Waals surface area contributed by atoms with Crippen LogP contribution in [0.4, 0.5) is 5.69 Å². The SMILES string of the molecule is CCS[C@H]1CCCC[C@H]1NC(=O)c1n[nH]c(C)c1[N+](=O)[O-]. The number of aromatic amines is 1. The minimum absolute atomic E-state index is 0.0628. The van der Waals surface area contributed by atoms with E-state index in [1.165, 1.54) is 13.3 Å². The fraction of sp³-hybridized carbons (Fsp3) is 0.692. The van der Waals surface area contributed by atoms with Gasteiger partial charge in [0, 0.05) is 11.3 Å². The average molecular weight is 312 g/mol. The molecule has 1 aliphatic rings. The molecule has 7 nitrogen and oxygen atoms in total. The summed E-state index contributed by atoms with van der Waals surface area (Å²) in [4.78, 5) is 22.8. The zero-order valence-electron chi connectivity index (χ0n) is 12.2. The Morgan fingerprint density at radius 3 is 2.90 bits per heavy atom. The molecule has 0 aromatic carbocycles. The van der Waals surface area contributed by atoms with E-state index in [2.05, 4.69) is 22.4 Å². The number of carbonyl (C=O) groups excluding carboxylic acids is 1. The van der Waals surface area contributed by atoms with Crippen LogP contribution in [0.2, 0.25) is 0 Å². The Kier molecular flexibility index (Phi) is 5.22. The number of carbonyl (C=O) groups is 1. The number of aromatic nitrogens is 2. The third-order valence-corrected chi connectivity index (χ3v) is 5.04. The van der Waals surface area contributed by atoms with Crippen molar-refractivity contribution in [2.45, 2.75) is 50.8 Å². The smallest absolute Gasteiger partial charge is 0.322 e. The van der Waals surface area contributed by atoms with E-state index in [-0.39, 0.29) is 17.4 Å². The van der Waals surface area contributed by atoms with Crippen LogP contribution in [0.3, 0.4) is 0 Å². The molecule has 1 aromatic rings. The molecule has 1 heterocycles. The molecule has 2 rings (SSSR count). The number of nitrogens with zero attached hydrogens (tertiary/aromatic N) is 2. The van der Waals surface area contributed by atoms with Gasteiger partial charge in [-0.3, -0.25) is 20.0 Å². The van der Waals surface area contributed by atoms with Crippen LogP contribution in [0, 0.1) is 17.0 Å². The molecule has 8 heteroatoms. The summed E-state index contributed by atoms with van der Waals surface area (Å²) < 4.78 is 0. The lowest BCUT2D eigenvalue weighted by Crippen LogP contribution is -2.44. The molecule has 2 N–H and O–H groups in total.